The van der Waals surface area contributed by atoms with Gasteiger partial charge in [0.05, 0.1) is 17.8 Å². The van der Waals surface area contributed by atoms with Gasteiger partial charge in [-0.2, -0.15) is 0 Å². The number of rotatable bonds is 7. The van der Waals surface area contributed by atoms with Crippen molar-refractivity contribution in [2.45, 2.75) is 51.2 Å². The van der Waals surface area contributed by atoms with E-state index in [1.54, 1.807) is 21.9 Å². The van der Waals surface area contributed by atoms with Crippen LogP contribution in [0.4, 0.5) is 5.69 Å². The minimum atomic E-state index is -0.429. The molecule has 2 aliphatic rings. The molecule has 3 aromatic rings. The molecule has 0 spiro atoms. The molecule has 5 rings (SSSR count). The molecule has 2 heterocycles. The molecule has 0 aromatic heterocycles. The molecule has 1 fully saturated rings. The van der Waals surface area contributed by atoms with Crippen molar-refractivity contribution in [3.8, 4) is 0 Å². The smallest absolute Gasteiger partial charge is 0.256 e. The summed E-state index contributed by atoms with van der Waals surface area (Å²) in [5.74, 6) is -0.270. The summed E-state index contributed by atoms with van der Waals surface area (Å²) in [6, 6.07) is 24.6. The second kappa shape index (κ2) is 10.4. The number of hydrogen-bond donors (Lipinski definition) is 1. The first-order valence-electron chi connectivity index (χ1n) is 12.7. The number of nitrogens with one attached hydrogen (secondary N) is 1. The number of para-hydroxylation sites is 1. The largest absolute Gasteiger partial charge is 0.350 e. The van der Waals surface area contributed by atoms with Crippen molar-refractivity contribution >= 4 is 23.4 Å². The number of aryl methyl sites for hydroxylation is 1. The quantitative estimate of drug-likeness (QED) is 0.537. The lowest BCUT2D eigenvalue weighted by Crippen LogP contribution is -2.44. The molecular weight excluding hydrogens is 450 g/mol. The third-order valence-electron chi connectivity index (χ3n) is 7.11. The Morgan fingerprint density at radius 1 is 0.972 bits per heavy atom. The Kier molecular flexibility index (Phi) is 6.85. The molecule has 0 aliphatic carbocycles. The summed E-state index contributed by atoms with van der Waals surface area (Å²) in [6.07, 6.45) is 3.25. The maximum Gasteiger partial charge on any atom is 0.256 e. The van der Waals surface area contributed by atoms with Crippen LogP contribution in [0.15, 0.2) is 78.9 Å². The first-order chi connectivity index (χ1) is 17.5. The van der Waals surface area contributed by atoms with Crippen molar-refractivity contribution in [3.63, 3.8) is 0 Å². The molecular formula is C30H31N3O3. The standard InChI is InChI=1S/C30H31N3O3/c1-21(16-17-22-9-3-2-4-10-22)31-28(34)24-12-7-11-23(19-24)20-33-26-14-6-5-13-25(26)29(35)32-18-8-15-27(32)30(33)36/h2-7,9-14,19,21,27H,8,15-18,20H2,1H3,(H,31,34)/t21-,27-/m0/s1. The first-order valence-corrected chi connectivity index (χ1v) is 12.7. The molecule has 0 saturated carbocycles. The van der Waals surface area contributed by atoms with Gasteiger partial charge in [-0.25, -0.2) is 0 Å². The van der Waals surface area contributed by atoms with Crippen LogP contribution in [-0.4, -0.2) is 41.2 Å². The van der Waals surface area contributed by atoms with Crippen LogP contribution in [0.25, 0.3) is 0 Å². The Balaban J connectivity index is 1.31. The van der Waals surface area contributed by atoms with E-state index < -0.39 is 6.04 Å². The molecule has 0 radical (unpaired) electrons. The molecule has 3 aromatic carbocycles. The lowest BCUT2D eigenvalue weighted by Gasteiger charge is -2.26. The van der Waals surface area contributed by atoms with E-state index in [0.29, 0.717) is 36.3 Å². The third-order valence-corrected chi connectivity index (χ3v) is 7.11. The zero-order valence-electron chi connectivity index (χ0n) is 20.5. The van der Waals surface area contributed by atoms with E-state index in [-0.39, 0.29) is 23.8 Å². The maximum absolute atomic E-state index is 13.5. The predicted octanol–water partition coefficient (Wildman–Crippen LogP) is 4.59. The van der Waals surface area contributed by atoms with Crippen molar-refractivity contribution in [2.24, 2.45) is 0 Å². The van der Waals surface area contributed by atoms with E-state index in [0.717, 1.165) is 24.8 Å². The van der Waals surface area contributed by atoms with Gasteiger partial charge in [-0.15, -0.1) is 0 Å². The molecule has 2 aliphatic heterocycles. The summed E-state index contributed by atoms with van der Waals surface area (Å²) in [4.78, 5) is 43.1. The van der Waals surface area contributed by atoms with E-state index in [9.17, 15) is 14.4 Å². The predicted molar refractivity (Wildman–Crippen MR) is 140 cm³/mol. The molecule has 36 heavy (non-hydrogen) atoms. The highest BCUT2D eigenvalue weighted by atomic mass is 16.2. The SMILES string of the molecule is C[C@@H](CCc1ccccc1)NC(=O)c1cccc(CN2C(=O)[C@@H]3CCCN3C(=O)c3ccccc32)c1. The number of fused-ring (bicyclic) bond motifs is 2. The molecule has 0 unspecified atom stereocenters. The van der Waals surface area contributed by atoms with E-state index in [4.69, 9.17) is 0 Å². The van der Waals surface area contributed by atoms with E-state index in [1.807, 2.05) is 61.5 Å². The second-order valence-electron chi connectivity index (χ2n) is 9.70. The highest BCUT2D eigenvalue weighted by Gasteiger charge is 2.41. The molecule has 0 bridgehead atoms. The zero-order valence-corrected chi connectivity index (χ0v) is 20.5. The van der Waals surface area contributed by atoms with Crippen molar-refractivity contribution in [1.29, 1.82) is 0 Å². The van der Waals surface area contributed by atoms with Crippen LogP contribution in [0.2, 0.25) is 0 Å². The van der Waals surface area contributed by atoms with Crippen LogP contribution < -0.4 is 10.2 Å². The zero-order chi connectivity index (χ0) is 25.1. The Bertz CT molecular complexity index is 1270. The van der Waals surface area contributed by atoms with Crippen molar-refractivity contribution < 1.29 is 14.4 Å². The summed E-state index contributed by atoms with van der Waals surface area (Å²) >= 11 is 0. The fourth-order valence-electron chi connectivity index (χ4n) is 5.17. The van der Waals surface area contributed by atoms with Gasteiger partial charge in [-0.1, -0.05) is 54.6 Å². The number of hydrogen-bond acceptors (Lipinski definition) is 3. The molecule has 2 atom stereocenters. The van der Waals surface area contributed by atoms with Crippen LogP contribution in [0.1, 0.15) is 58.0 Å². The summed E-state index contributed by atoms with van der Waals surface area (Å²) in [5, 5.41) is 3.10. The first kappa shape index (κ1) is 23.8. The minimum Gasteiger partial charge on any atom is -0.350 e. The van der Waals surface area contributed by atoms with Gasteiger partial charge in [0.25, 0.3) is 11.8 Å². The maximum atomic E-state index is 13.5. The Morgan fingerprint density at radius 2 is 1.72 bits per heavy atom. The summed E-state index contributed by atoms with van der Waals surface area (Å²) in [5.41, 5.74) is 3.85. The molecule has 3 amide bonds. The van der Waals surface area contributed by atoms with Crippen LogP contribution in [-0.2, 0) is 17.8 Å². The van der Waals surface area contributed by atoms with E-state index in [1.165, 1.54) is 5.56 Å². The third kappa shape index (κ3) is 4.89. The van der Waals surface area contributed by atoms with Gasteiger partial charge in [0, 0.05) is 18.2 Å². The van der Waals surface area contributed by atoms with Crippen LogP contribution >= 0.6 is 0 Å². The normalized spacial score (nSPS) is 17.9. The van der Waals surface area contributed by atoms with Crippen LogP contribution in [0, 0.1) is 0 Å². The Morgan fingerprint density at radius 3 is 2.56 bits per heavy atom. The van der Waals surface area contributed by atoms with Gasteiger partial charge in [0.15, 0.2) is 0 Å². The lowest BCUT2D eigenvalue weighted by atomic mass is 10.0. The number of anilines is 1. The van der Waals surface area contributed by atoms with Gasteiger partial charge < -0.3 is 15.1 Å². The monoisotopic (exact) mass is 481 g/mol. The lowest BCUT2D eigenvalue weighted by molar-refractivity contribution is -0.122. The molecule has 184 valence electrons. The Hall–Kier alpha value is -3.93. The fraction of sp³-hybridized carbons (Fsp3) is 0.300. The Labute approximate surface area is 211 Å². The molecule has 1 saturated heterocycles. The van der Waals surface area contributed by atoms with E-state index in [2.05, 4.69) is 17.4 Å². The topological polar surface area (TPSA) is 69.7 Å². The average Bonchev–Trinajstić information content (AvgIpc) is 3.38. The fourth-order valence-corrected chi connectivity index (χ4v) is 5.17. The summed E-state index contributed by atoms with van der Waals surface area (Å²) in [6.45, 7) is 2.93. The number of amides is 3. The number of nitrogens with zero attached hydrogens (tertiary/aromatic N) is 2. The summed E-state index contributed by atoms with van der Waals surface area (Å²) in [7, 11) is 0. The van der Waals surface area contributed by atoms with Crippen LogP contribution in [0.3, 0.4) is 0 Å². The minimum absolute atomic E-state index is 0.0276. The highest BCUT2D eigenvalue weighted by molar-refractivity contribution is 6.11. The number of benzene rings is 3. The van der Waals surface area contributed by atoms with Crippen molar-refractivity contribution in [3.05, 3.63) is 101 Å². The van der Waals surface area contributed by atoms with Gasteiger partial charge in [-0.05, 0) is 68.0 Å². The van der Waals surface area contributed by atoms with E-state index >= 15 is 0 Å². The number of carbonyl (C=O) groups excluding carboxylic acids is 3. The number of carbonyl (C=O) groups is 3. The summed E-state index contributed by atoms with van der Waals surface area (Å²) < 4.78 is 0. The molecule has 6 nitrogen and oxygen atoms in total. The molecule has 1 N–H and O–H groups in total. The van der Waals surface area contributed by atoms with Crippen LogP contribution in [0.5, 0.6) is 0 Å². The van der Waals surface area contributed by atoms with Crippen molar-refractivity contribution in [1.82, 2.24) is 10.2 Å². The van der Waals surface area contributed by atoms with Gasteiger partial charge in [0.1, 0.15) is 6.04 Å². The highest BCUT2D eigenvalue weighted by Crippen LogP contribution is 2.33. The van der Waals surface area contributed by atoms with Gasteiger partial charge in [-0.3, -0.25) is 14.4 Å². The van der Waals surface area contributed by atoms with Gasteiger partial charge >= 0.3 is 0 Å². The van der Waals surface area contributed by atoms with Gasteiger partial charge in [0.2, 0.25) is 5.91 Å². The molecule has 6 heteroatoms. The second-order valence-corrected chi connectivity index (χ2v) is 9.70. The van der Waals surface area contributed by atoms with Crippen molar-refractivity contribution in [2.75, 3.05) is 11.4 Å². The average molecular weight is 482 g/mol.